The predicted octanol–water partition coefficient (Wildman–Crippen LogP) is 2.39. The Bertz CT molecular complexity index is 809. The van der Waals surface area contributed by atoms with Crippen molar-refractivity contribution in [3.63, 3.8) is 0 Å². The van der Waals surface area contributed by atoms with Gasteiger partial charge in [0.05, 0.1) is 6.61 Å². The minimum Gasteiger partial charge on any atom is -0.383 e. The second kappa shape index (κ2) is 9.09. The van der Waals surface area contributed by atoms with Crippen LogP contribution in [-0.4, -0.2) is 71.4 Å². The number of benzene rings is 1. The third-order valence-corrected chi connectivity index (χ3v) is 6.47. The molecule has 6 nitrogen and oxygen atoms in total. The van der Waals surface area contributed by atoms with Crippen molar-refractivity contribution in [1.82, 2.24) is 19.6 Å². The van der Waals surface area contributed by atoms with E-state index in [1.807, 2.05) is 11.9 Å². The first-order valence-electron chi connectivity index (χ1n) is 10.7. The predicted molar refractivity (Wildman–Crippen MR) is 113 cm³/mol. The van der Waals surface area contributed by atoms with Crippen molar-refractivity contribution in [2.75, 3.05) is 39.9 Å². The van der Waals surface area contributed by atoms with Gasteiger partial charge in [-0.1, -0.05) is 24.3 Å². The van der Waals surface area contributed by atoms with Gasteiger partial charge >= 0.3 is 0 Å². The molecule has 0 unspecified atom stereocenters. The molecule has 0 spiro atoms. The van der Waals surface area contributed by atoms with E-state index in [-0.39, 0.29) is 5.91 Å². The number of hydrogen-bond donors (Lipinski definition) is 0. The van der Waals surface area contributed by atoms with Crippen molar-refractivity contribution >= 4 is 5.91 Å². The summed E-state index contributed by atoms with van der Waals surface area (Å²) in [5, 5.41) is 4.16. The number of rotatable bonds is 7. The Labute approximate surface area is 173 Å². The number of likely N-dealkylation sites (tertiary alicyclic amines) is 1. The van der Waals surface area contributed by atoms with Gasteiger partial charge in [-0.05, 0) is 55.3 Å². The van der Waals surface area contributed by atoms with Gasteiger partial charge in [-0.25, -0.2) is 0 Å². The maximum atomic E-state index is 13.1. The van der Waals surface area contributed by atoms with Gasteiger partial charge in [0.2, 0.25) is 0 Å². The lowest BCUT2D eigenvalue weighted by Gasteiger charge is -2.38. The van der Waals surface area contributed by atoms with Crippen LogP contribution in [0.1, 0.15) is 34.5 Å². The molecule has 29 heavy (non-hydrogen) atoms. The minimum absolute atomic E-state index is 0.0486. The van der Waals surface area contributed by atoms with Crippen molar-refractivity contribution in [3.05, 3.63) is 53.3 Å². The molecule has 2 aromatic rings. The topological polar surface area (TPSA) is 50.6 Å². The number of amides is 1. The number of ether oxygens (including phenoxy) is 1. The SMILES string of the molecule is COCCN(C[C@@H]1CCCN(C2Cc3ccccc3C2)C1)C(=O)c1ccnn1C. The second-order valence-corrected chi connectivity index (χ2v) is 8.42. The number of fused-ring (bicyclic) bond motifs is 1. The van der Waals surface area contributed by atoms with Crippen molar-refractivity contribution in [2.45, 2.75) is 31.7 Å². The summed E-state index contributed by atoms with van der Waals surface area (Å²) >= 11 is 0. The van der Waals surface area contributed by atoms with E-state index in [2.05, 4.69) is 34.3 Å². The van der Waals surface area contributed by atoms with E-state index in [4.69, 9.17) is 4.74 Å². The van der Waals surface area contributed by atoms with Gasteiger partial charge in [-0.15, -0.1) is 0 Å². The van der Waals surface area contributed by atoms with E-state index in [1.165, 1.54) is 30.5 Å². The standard InChI is InChI=1S/C23H32N4O2/c1-25-22(9-10-24-25)23(28)27(12-13-29-2)17-18-6-5-11-26(16-18)21-14-19-7-3-4-8-20(19)15-21/h3-4,7-10,18,21H,5-6,11-17H2,1-2H3/t18-/m1/s1. The van der Waals surface area contributed by atoms with Gasteiger partial charge in [0.15, 0.2) is 0 Å². The molecular weight excluding hydrogens is 364 g/mol. The third-order valence-electron chi connectivity index (χ3n) is 6.47. The van der Waals surface area contributed by atoms with Crippen molar-refractivity contribution in [1.29, 1.82) is 0 Å². The normalized spacial score (nSPS) is 20.0. The highest BCUT2D eigenvalue weighted by molar-refractivity contribution is 5.92. The summed E-state index contributed by atoms with van der Waals surface area (Å²) in [6.45, 7) is 4.19. The Balaban J connectivity index is 1.40. The number of nitrogens with zero attached hydrogens (tertiary/aromatic N) is 4. The maximum Gasteiger partial charge on any atom is 0.272 e. The highest BCUT2D eigenvalue weighted by Gasteiger charge is 2.32. The molecule has 2 heterocycles. The zero-order valence-electron chi connectivity index (χ0n) is 17.6. The van der Waals surface area contributed by atoms with Gasteiger partial charge in [-0.3, -0.25) is 14.4 Å². The molecule has 1 aromatic carbocycles. The number of carbonyl (C=O) groups excluding carboxylic acids is 1. The first kappa shape index (κ1) is 20.1. The Kier molecular flexibility index (Phi) is 6.31. The number of carbonyl (C=O) groups is 1. The van der Waals surface area contributed by atoms with E-state index < -0.39 is 0 Å². The molecule has 1 amide bonds. The zero-order valence-corrected chi connectivity index (χ0v) is 17.6. The van der Waals surface area contributed by atoms with Crippen LogP contribution in [0.2, 0.25) is 0 Å². The molecule has 1 aliphatic carbocycles. The quantitative estimate of drug-likeness (QED) is 0.721. The van der Waals surface area contributed by atoms with Gasteiger partial charge in [0, 0.05) is 46.0 Å². The maximum absolute atomic E-state index is 13.1. The van der Waals surface area contributed by atoms with E-state index in [0.717, 1.165) is 25.9 Å². The average Bonchev–Trinajstić information content (AvgIpc) is 3.37. The van der Waals surface area contributed by atoms with Gasteiger partial charge < -0.3 is 9.64 Å². The van der Waals surface area contributed by atoms with Gasteiger partial charge in [-0.2, -0.15) is 5.10 Å². The van der Waals surface area contributed by atoms with Crippen LogP contribution in [-0.2, 0) is 24.6 Å². The number of hydrogen-bond acceptors (Lipinski definition) is 4. The Morgan fingerprint density at radius 2 is 2.00 bits per heavy atom. The second-order valence-electron chi connectivity index (χ2n) is 8.42. The summed E-state index contributed by atoms with van der Waals surface area (Å²) in [6, 6.07) is 11.3. The lowest BCUT2D eigenvalue weighted by molar-refractivity contribution is 0.0564. The minimum atomic E-state index is 0.0486. The highest BCUT2D eigenvalue weighted by atomic mass is 16.5. The summed E-state index contributed by atoms with van der Waals surface area (Å²) in [7, 11) is 3.51. The summed E-state index contributed by atoms with van der Waals surface area (Å²) in [5.74, 6) is 0.550. The van der Waals surface area contributed by atoms with Crippen LogP contribution in [0.3, 0.4) is 0 Å². The fraction of sp³-hybridized carbons (Fsp3) is 0.565. The number of aryl methyl sites for hydroxylation is 1. The molecule has 156 valence electrons. The Morgan fingerprint density at radius 1 is 1.24 bits per heavy atom. The zero-order chi connectivity index (χ0) is 20.2. The van der Waals surface area contributed by atoms with Crippen LogP contribution in [0.5, 0.6) is 0 Å². The average molecular weight is 397 g/mol. The van der Waals surface area contributed by atoms with Gasteiger partial charge in [0.1, 0.15) is 5.69 Å². The highest BCUT2D eigenvalue weighted by Crippen LogP contribution is 2.29. The molecule has 0 N–H and O–H groups in total. The summed E-state index contributed by atoms with van der Waals surface area (Å²) in [6.07, 6.45) is 6.38. The lowest BCUT2D eigenvalue weighted by atomic mass is 9.95. The first-order chi connectivity index (χ1) is 14.2. The van der Waals surface area contributed by atoms with Crippen molar-refractivity contribution in [3.8, 4) is 0 Å². The van der Waals surface area contributed by atoms with Crippen LogP contribution in [0.25, 0.3) is 0 Å². The largest absolute Gasteiger partial charge is 0.383 e. The molecule has 4 rings (SSSR count). The molecule has 1 aromatic heterocycles. The number of piperidine rings is 1. The van der Waals surface area contributed by atoms with E-state index in [9.17, 15) is 4.79 Å². The van der Waals surface area contributed by atoms with Crippen molar-refractivity contribution in [2.24, 2.45) is 13.0 Å². The summed E-state index contributed by atoms with van der Waals surface area (Å²) < 4.78 is 6.93. The summed E-state index contributed by atoms with van der Waals surface area (Å²) in [4.78, 5) is 17.7. The Hall–Kier alpha value is -2.18. The molecule has 0 radical (unpaired) electrons. The fourth-order valence-electron chi connectivity index (χ4n) is 4.91. The third kappa shape index (κ3) is 4.54. The number of methoxy groups -OCH3 is 1. The van der Waals surface area contributed by atoms with Crippen LogP contribution in [0.15, 0.2) is 36.5 Å². The molecule has 0 bridgehead atoms. The fourth-order valence-corrected chi connectivity index (χ4v) is 4.91. The summed E-state index contributed by atoms with van der Waals surface area (Å²) in [5.41, 5.74) is 3.65. The van der Waals surface area contributed by atoms with E-state index in [0.29, 0.717) is 30.8 Å². The van der Waals surface area contributed by atoms with Crippen LogP contribution >= 0.6 is 0 Å². The van der Waals surface area contributed by atoms with Crippen LogP contribution in [0, 0.1) is 5.92 Å². The van der Waals surface area contributed by atoms with E-state index in [1.54, 1.807) is 24.1 Å². The monoisotopic (exact) mass is 396 g/mol. The molecule has 6 heteroatoms. The van der Waals surface area contributed by atoms with Crippen molar-refractivity contribution < 1.29 is 9.53 Å². The molecule has 1 fully saturated rings. The molecule has 2 aliphatic rings. The molecule has 1 atom stereocenters. The van der Waals surface area contributed by atoms with E-state index >= 15 is 0 Å². The molecular formula is C23H32N4O2. The van der Waals surface area contributed by atoms with Crippen LogP contribution < -0.4 is 0 Å². The van der Waals surface area contributed by atoms with Gasteiger partial charge in [0.25, 0.3) is 5.91 Å². The Morgan fingerprint density at radius 3 is 2.66 bits per heavy atom. The number of aromatic nitrogens is 2. The first-order valence-corrected chi connectivity index (χ1v) is 10.7. The van der Waals surface area contributed by atoms with Crippen LogP contribution in [0.4, 0.5) is 0 Å². The molecule has 1 aliphatic heterocycles. The smallest absolute Gasteiger partial charge is 0.272 e. The molecule has 0 saturated carbocycles. The lowest BCUT2D eigenvalue weighted by Crippen LogP contribution is -2.47. The molecule has 1 saturated heterocycles.